The van der Waals surface area contributed by atoms with Crippen LogP contribution >= 0.6 is 19.5 Å². The first-order valence-electron chi connectivity index (χ1n) is 18.2. The number of hydrogen-bond acceptors (Lipinski definition) is 15. The summed E-state index contributed by atoms with van der Waals surface area (Å²) in [4.78, 5) is 70.0. The minimum absolute atomic E-state index is 0.0470. The molecule has 1 aliphatic heterocycles. The van der Waals surface area contributed by atoms with Crippen LogP contribution < -0.4 is 20.2 Å². The number of carbonyl (C=O) groups excluding carboxylic acids is 4. The van der Waals surface area contributed by atoms with E-state index in [0.717, 1.165) is 28.6 Å². The van der Waals surface area contributed by atoms with Crippen LogP contribution in [0.5, 0.6) is 5.75 Å². The number of imide groups is 1. The number of amides is 2. The van der Waals surface area contributed by atoms with Crippen molar-refractivity contribution < 1.29 is 60.9 Å². The second kappa shape index (κ2) is 19.0. The maximum Gasteiger partial charge on any atom is 0.509 e. The quantitative estimate of drug-likeness (QED) is 0.117. The van der Waals surface area contributed by atoms with Gasteiger partial charge >= 0.3 is 37.7 Å². The van der Waals surface area contributed by atoms with Gasteiger partial charge in [0.05, 0.1) is 18.5 Å². The van der Waals surface area contributed by atoms with E-state index in [9.17, 15) is 28.5 Å². The number of aromatic nitrogens is 2. The molecular weight excluding hydrogens is 790 g/mol. The van der Waals surface area contributed by atoms with Gasteiger partial charge in [-0.25, -0.2) is 28.1 Å². The number of esters is 1. The Morgan fingerprint density at radius 1 is 0.930 bits per heavy atom. The molecule has 1 fully saturated rings. The number of alkyl halides is 1. The third kappa shape index (κ3) is 14.3. The monoisotopic (exact) mass is 844 g/mol. The van der Waals surface area contributed by atoms with E-state index in [1.807, 2.05) is 0 Å². The molecule has 2 amide bonds. The van der Waals surface area contributed by atoms with Crippen LogP contribution in [-0.2, 0) is 37.6 Å². The summed E-state index contributed by atoms with van der Waals surface area (Å²) >= 11 is 0.781. The van der Waals surface area contributed by atoms with Gasteiger partial charge in [0.15, 0.2) is 18.1 Å². The van der Waals surface area contributed by atoms with Crippen molar-refractivity contribution >= 4 is 49.6 Å². The molecule has 0 bridgehead atoms. The number of benzene rings is 1. The fraction of sp³-hybridized carbons (Fsp3) is 0.622. The first-order chi connectivity index (χ1) is 26.2. The van der Waals surface area contributed by atoms with Crippen molar-refractivity contribution in [2.45, 2.75) is 129 Å². The van der Waals surface area contributed by atoms with Crippen LogP contribution in [0.15, 0.2) is 47.4 Å². The number of halogens is 1. The number of carbonyl (C=O) groups is 4. The maximum absolute atomic E-state index is 16.6. The van der Waals surface area contributed by atoms with Gasteiger partial charge in [0.2, 0.25) is 0 Å². The number of nitrogens with zero attached hydrogens (tertiary/aromatic N) is 3. The molecule has 1 aliphatic rings. The third-order valence-electron chi connectivity index (χ3n) is 7.24. The topological polar surface area (TPSA) is 200 Å². The SMILES string of the molecule is CCOC(=O)[C@@H](NP(=O)(OC[C@H]1S[C@@H](n2ccc(N(C(=O)OC(C)(C)C)C(=O)OC(C)(C)C)nc2=O)[C@@H](F)[C@@H]1OC(=O)OC(C)(C)C)Oc1ccccc1)C(C)C. The van der Waals surface area contributed by atoms with Crippen LogP contribution in [0.4, 0.5) is 24.6 Å². The summed E-state index contributed by atoms with van der Waals surface area (Å²) in [7, 11) is -4.50. The van der Waals surface area contributed by atoms with E-state index >= 15 is 4.39 Å². The minimum atomic E-state index is -4.50. The zero-order valence-electron chi connectivity index (χ0n) is 34.3. The molecule has 2 heterocycles. The van der Waals surface area contributed by atoms with Gasteiger partial charge < -0.3 is 28.2 Å². The average Bonchev–Trinajstić information content (AvgIpc) is 3.34. The molecule has 20 heteroatoms. The molecule has 6 atom stereocenters. The molecule has 3 rings (SSSR count). The van der Waals surface area contributed by atoms with Crippen molar-refractivity contribution in [1.29, 1.82) is 0 Å². The van der Waals surface area contributed by atoms with Crippen LogP contribution in [0.1, 0.15) is 88.5 Å². The van der Waals surface area contributed by atoms with Crippen LogP contribution in [0.3, 0.4) is 0 Å². The molecule has 1 aromatic heterocycles. The van der Waals surface area contributed by atoms with Gasteiger partial charge in [0.25, 0.3) is 0 Å². The molecule has 1 N–H and O–H groups in total. The number of thioether (sulfide) groups is 1. The lowest BCUT2D eigenvalue weighted by atomic mass is 10.1. The van der Waals surface area contributed by atoms with Crippen molar-refractivity contribution in [3.63, 3.8) is 0 Å². The highest BCUT2D eigenvalue weighted by molar-refractivity contribution is 8.00. The Morgan fingerprint density at radius 3 is 1.98 bits per heavy atom. The maximum atomic E-state index is 16.6. The van der Waals surface area contributed by atoms with E-state index in [-0.39, 0.29) is 12.4 Å². The Bertz CT molecular complexity index is 1800. The highest BCUT2D eigenvalue weighted by Crippen LogP contribution is 2.50. The van der Waals surface area contributed by atoms with Crippen LogP contribution in [-0.4, -0.2) is 87.4 Å². The van der Waals surface area contributed by atoms with Gasteiger partial charge in [-0.15, -0.1) is 11.8 Å². The molecule has 0 aliphatic carbocycles. The second-order valence-electron chi connectivity index (χ2n) is 16.1. The van der Waals surface area contributed by atoms with Crippen LogP contribution in [0, 0.1) is 5.92 Å². The Kier molecular flexibility index (Phi) is 15.8. The largest absolute Gasteiger partial charge is 0.509 e. The molecule has 57 heavy (non-hydrogen) atoms. The lowest BCUT2D eigenvalue weighted by Gasteiger charge is -2.28. The Morgan fingerprint density at radius 2 is 1.49 bits per heavy atom. The van der Waals surface area contributed by atoms with Gasteiger partial charge in [-0.1, -0.05) is 32.0 Å². The smallest absolute Gasteiger partial charge is 0.465 e. The molecular formula is C37H54FN4O13PS. The summed E-state index contributed by atoms with van der Waals surface area (Å²) in [6.07, 6.45) is -6.26. The first-order valence-corrected chi connectivity index (χ1v) is 20.7. The van der Waals surface area contributed by atoms with Crippen molar-refractivity contribution in [2.24, 2.45) is 5.92 Å². The second-order valence-corrected chi connectivity index (χ2v) is 19.2. The number of ether oxygens (including phenoxy) is 5. The van der Waals surface area contributed by atoms with E-state index in [2.05, 4.69) is 10.1 Å². The lowest BCUT2D eigenvalue weighted by molar-refractivity contribution is -0.146. The molecule has 2 aromatic rings. The van der Waals surface area contributed by atoms with Gasteiger partial charge in [0.1, 0.15) is 34.0 Å². The van der Waals surface area contributed by atoms with Crippen molar-refractivity contribution in [2.75, 3.05) is 18.1 Å². The first kappa shape index (κ1) is 47.2. The summed E-state index contributed by atoms with van der Waals surface area (Å²) in [5.74, 6) is -1.52. The van der Waals surface area contributed by atoms with E-state index in [4.69, 9.17) is 32.7 Å². The molecule has 0 spiro atoms. The third-order valence-corrected chi connectivity index (χ3v) is 10.3. The number of rotatable bonds is 13. The number of anilines is 1. The molecule has 1 aromatic carbocycles. The Balaban J connectivity index is 2.03. The standard InChI is InChI=1S/C37H54FN4O13PS/c1-13-49-30(43)27(22(2)3)40-56(48,55-23-17-15-14-16-18-23)50-21-24-28(51-34(47)54-37(10,11)12)26(38)29(57-24)41-20-19-25(39-31(41)44)42(32(45)52-35(4,5)6)33(46)53-36(7,8)9/h14-20,22,24,26-29H,13,21H2,1-12H3,(H,40,48)/t24-,26+,27+,28-,29-,56?/m1/s1. The number of para-hydroxylation sites is 1. The minimum Gasteiger partial charge on any atom is -0.465 e. The molecule has 0 saturated carbocycles. The zero-order chi connectivity index (χ0) is 43.1. The Hall–Kier alpha value is -4.19. The Labute approximate surface area is 336 Å². The van der Waals surface area contributed by atoms with Crippen molar-refractivity contribution in [3.05, 3.63) is 53.1 Å². The van der Waals surface area contributed by atoms with Gasteiger partial charge in [-0.05, 0) is 93.4 Å². The molecule has 1 saturated heterocycles. The van der Waals surface area contributed by atoms with Crippen molar-refractivity contribution in [3.8, 4) is 5.75 Å². The number of hydrogen-bond donors (Lipinski definition) is 1. The fourth-order valence-corrected chi connectivity index (χ4v) is 8.18. The molecule has 318 valence electrons. The van der Waals surface area contributed by atoms with Crippen LogP contribution in [0.25, 0.3) is 0 Å². The normalized spacial score (nSPS) is 20.2. The van der Waals surface area contributed by atoms with Gasteiger partial charge in [-0.2, -0.15) is 15.0 Å². The summed E-state index contributed by atoms with van der Waals surface area (Å²) in [5, 5.41) is 0.0450. The highest BCUT2D eigenvalue weighted by Gasteiger charge is 2.50. The van der Waals surface area contributed by atoms with E-state index < -0.39 is 102 Å². The summed E-state index contributed by atoms with van der Waals surface area (Å²) in [6, 6.07) is 7.92. The molecule has 0 radical (unpaired) electrons. The predicted octanol–water partition coefficient (Wildman–Crippen LogP) is 7.57. The van der Waals surface area contributed by atoms with Crippen LogP contribution in [0.2, 0.25) is 0 Å². The summed E-state index contributed by atoms with van der Waals surface area (Å²) in [6.45, 7) is 18.6. The van der Waals surface area contributed by atoms with Crippen molar-refractivity contribution in [1.82, 2.24) is 14.6 Å². The van der Waals surface area contributed by atoms with E-state index in [1.165, 1.54) is 12.1 Å². The highest BCUT2D eigenvalue weighted by atomic mass is 32.2. The summed E-state index contributed by atoms with van der Waals surface area (Å²) in [5.41, 5.74) is -4.22. The van der Waals surface area contributed by atoms with Gasteiger partial charge in [-0.3, -0.25) is 13.9 Å². The van der Waals surface area contributed by atoms with Gasteiger partial charge in [0, 0.05) is 6.20 Å². The summed E-state index contributed by atoms with van der Waals surface area (Å²) < 4.78 is 70.2. The molecule has 1 unspecified atom stereocenters. The van der Waals surface area contributed by atoms with E-state index in [0.29, 0.717) is 4.90 Å². The number of nitrogens with one attached hydrogen (secondary N) is 1. The fourth-order valence-electron chi connectivity index (χ4n) is 4.93. The van der Waals surface area contributed by atoms with E-state index in [1.54, 1.807) is 101 Å². The lowest BCUT2D eigenvalue weighted by Crippen LogP contribution is -2.45. The molecule has 17 nitrogen and oxygen atoms in total. The average molecular weight is 845 g/mol. The zero-order valence-corrected chi connectivity index (χ0v) is 36.0. The predicted molar refractivity (Wildman–Crippen MR) is 209 cm³/mol.